The van der Waals surface area contributed by atoms with E-state index in [1.165, 1.54) is 5.56 Å². The number of benzene rings is 1. The van der Waals surface area contributed by atoms with E-state index in [4.69, 9.17) is 22.1 Å². The highest BCUT2D eigenvalue weighted by Gasteiger charge is 2.07. The van der Waals surface area contributed by atoms with Crippen LogP contribution in [0.1, 0.15) is 12.0 Å². The summed E-state index contributed by atoms with van der Waals surface area (Å²) in [4.78, 5) is 2.21. The number of hydrogen-bond acceptors (Lipinski definition) is 3. The number of nitrogens with two attached hydrogens (primary N) is 1. The average Bonchev–Trinajstić information content (AvgIpc) is 2.29. The smallest absolute Gasteiger partial charge is 0.0477 e. The molecule has 3 nitrogen and oxygen atoms in total. The molecule has 0 fully saturated rings. The van der Waals surface area contributed by atoms with Gasteiger partial charge in [0.25, 0.3) is 0 Å². The van der Waals surface area contributed by atoms with Gasteiger partial charge in [-0.1, -0.05) is 23.7 Å². The Morgan fingerprint density at radius 2 is 2.00 bits per heavy atom. The fraction of sp³-hybridized carbons (Fsp3) is 0.538. The third-order valence-electron chi connectivity index (χ3n) is 2.60. The van der Waals surface area contributed by atoms with Crippen molar-refractivity contribution in [3.63, 3.8) is 0 Å². The van der Waals surface area contributed by atoms with Gasteiger partial charge in [-0.3, -0.25) is 0 Å². The van der Waals surface area contributed by atoms with Crippen molar-refractivity contribution in [3.05, 3.63) is 34.9 Å². The first-order valence-electron chi connectivity index (χ1n) is 5.79. The van der Waals surface area contributed by atoms with Gasteiger partial charge in [0, 0.05) is 37.9 Å². The Labute approximate surface area is 109 Å². The summed E-state index contributed by atoms with van der Waals surface area (Å²) in [5.41, 5.74) is 7.24. The van der Waals surface area contributed by atoms with E-state index in [0.717, 1.165) is 31.1 Å². The van der Waals surface area contributed by atoms with E-state index in [2.05, 4.69) is 11.9 Å². The zero-order chi connectivity index (χ0) is 12.7. The molecule has 4 heteroatoms. The second kappa shape index (κ2) is 7.67. The Bertz CT molecular complexity index is 316. The quantitative estimate of drug-likeness (QED) is 0.812. The molecule has 0 bridgehead atoms. The van der Waals surface area contributed by atoms with Crippen LogP contribution in [-0.2, 0) is 11.3 Å². The maximum absolute atomic E-state index is 6.00. The summed E-state index contributed by atoms with van der Waals surface area (Å²) in [5.74, 6) is 0. The van der Waals surface area contributed by atoms with Gasteiger partial charge in [0.1, 0.15) is 0 Å². The number of methoxy groups -OCH3 is 1. The third kappa shape index (κ3) is 6.03. The molecule has 96 valence electrons. The molecule has 1 rings (SSSR count). The zero-order valence-electron chi connectivity index (χ0n) is 10.5. The standard InChI is InChI=1S/C13H21ClN2O/c1-16(10-13(15)7-8-17-2)9-11-3-5-12(14)6-4-11/h3-6,13H,7-10,15H2,1-2H3. The van der Waals surface area contributed by atoms with Gasteiger partial charge in [-0.05, 0) is 31.2 Å². The van der Waals surface area contributed by atoms with Crippen LogP contribution in [0.15, 0.2) is 24.3 Å². The van der Waals surface area contributed by atoms with Crippen LogP contribution in [0.2, 0.25) is 5.02 Å². The number of halogens is 1. The Balaban J connectivity index is 2.33. The molecule has 1 aromatic carbocycles. The molecule has 2 N–H and O–H groups in total. The third-order valence-corrected chi connectivity index (χ3v) is 2.86. The van der Waals surface area contributed by atoms with Crippen molar-refractivity contribution in [3.8, 4) is 0 Å². The maximum Gasteiger partial charge on any atom is 0.0477 e. The Kier molecular flexibility index (Phi) is 6.52. The number of hydrogen-bond donors (Lipinski definition) is 1. The number of nitrogens with zero attached hydrogens (tertiary/aromatic N) is 1. The molecule has 0 spiro atoms. The molecular formula is C13H21ClN2O. The van der Waals surface area contributed by atoms with Crippen molar-refractivity contribution in [1.82, 2.24) is 4.90 Å². The molecule has 1 atom stereocenters. The highest BCUT2D eigenvalue weighted by Crippen LogP contribution is 2.11. The van der Waals surface area contributed by atoms with Crippen molar-refractivity contribution in [2.75, 3.05) is 27.3 Å². The van der Waals surface area contributed by atoms with Crippen LogP contribution in [-0.4, -0.2) is 38.3 Å². The summed E-state index contributed by atoms with van der Waals surface area (Å²) in [6, 6.07) is 8.07. The van der Waals surface area contributed by atoms with E-state index in [9.17, 15) is 0 Å². The molecule has 0 radical (unpaired) electrons. The molecule has 1 aromatic rings. The normalized spacial score (nSPS) is 13.0. The SMILES string of the molecule is COCCC(N)CN(C)Cc1ccc(Cl)cc1. The summed E-state index contributed by atoms with van der Waals surface area (Å²) in [5, 5.41) is 0.771. The zero-order valence-corrected chi connectivity index (χ0v) is 11.3. The van der Waals surface area contributed by atoms with E-state index in [-0.39, 0.29) is 6.04 Å². The van der Waals surface area contributed by atoms with Crippen LogP contribution in [0.5, 0.6) is 0 Å². The second-order valence-electron chi connectivity index (χ2n) is 4.36. The summed E-state index contributed by atoms with van der Waals surface area (Å²) in [6.07, 6.45) is 0.890. The first kappa shape index (κ1) is 14.5. The largest absolute Gasteiger partial charge is 0.385 e. The van der Waals surface area contributed by atoms with Crippen LogP contribution in [0, 0.1) is 0 Å². The van der Waals surface area contributed by atoms with E-state index >= 15 is 0 Å². The first-order chi connectivity index (χ1) is 8.11. The summed E-state index contributed by atoms with van der Waals surface area (Å²) in [6.45, 7) is 2.47. The van der Waals surface area contributed by atoms with E-state index in [1.54, 1.807) is 7.11 Å². The van der Waals surface area contributed by atoms with Gasteiger partial charge in [0.2, 0.25) is 0 Å². The molecule has 0 aliphatic heterocycles. The lowest BCUT2D eigenvalue weighted by Gasteiger charge is -2.21. The topological polar surface area (TPSA) is 38.5 Å². The highest BCUT2D eigenvalue weighted by molar-refractivity contribution is 6.30. The van der Waals surface area contributed by atoms with Gasteiger partial charge < -0.3 is 15.4 Å². The van der Waals surface area contributed by atoms with Crippen LogP contribution >= 0.6 is 11.6 Å². The van der Waals surface area contributed by atoms with Crippen LogP contribution in [0.4, 0.5) is 0 Å². The minimum Gasteiger partial charge on any atom is -0.385 e. The number of rotatable bonds is 7. The molecule has 1 unspecified atom stereocenters. The lowest BCUT2D eigenvalue weighted by molar-refractivity contribution is 0.179. The average molecular weight is 257 g/mol. The van der Waals surface area contributed by atoms with E-state index in [0.29, 0.717) is 0 Å². The highest BCUT2D eigenvalue weighted by atomic mass is 35.5. The minimum absolute atomic E-state index is 0.159. The number of ether oxygens (including phenoxy) is 1. The molecule has 0 amide bonds. The molecular weight excluding hydrogens is 236 g/mol. The fourth-order valence-electron chi connectivity index (χ4n) is 1.73. The Hall–Kier alpha value is -0.610. The summed E-state index contributed by atoms with van der Waals surface area (Å²) >= 11 is 5.84. The van der Waals surface area contributed by atoms with Crippen molar-refractivity contribution >= 4 is 11.6 Å². The molecule has 0 aliphatic carbocycles. The minimum atomic E-state index is 0.159. The monoisotopic (exact) mass is 256 g/mol. The van der Waals surface area contributed by atoms with Crippen LogP contribution < -0.4 is 5.73 Å². The van der Waals surface area contributed by atoms with Crippen LogP contribution in [0.25, 0.3) is 0 Å². The number of likely N-dealkylation sites (N-methyl/N-ethyl adjacent to an activating group) is 1. The molecule has 0 saturated heterocycles. The van der Waals surface area contributed by atoms with E-state index in [1.807, 2.05) is 24.3 Å². The Morgan fingerprint density at radius 1 is 1.35 bits per heavy atom. The van der Waals surface area contributed by atoms with Crippen molar-refractivity contribution in [1.29, 1.82) is 0 Å². The maximum atomic E-state index is 6.00. The van der Waals surface area contributed by atoms with Gasteiger partial charge in [0.15, 0.2) is 0 Å². The van der Waals surface area contributed by atoms with Crippen molar-refractivity contribution in [2.45, 2.75) is 19.0 Å². The predicted molar refractivity (Wildman–Crippen MR) is 72.3 cm³/mol. The molecule has 0 aromatic heterocycles. The van der Waals surface area contributed by atoms with Gasteiger partial charge in [0.05, 0.1) is 0 Å². The Morgan fingerprint density at radius 3 is 2.59 bits per heavy atom. The van der Waals surface area contributed by atoms with Crippen molar-refractivity contribution in [2.24, 2.45) is 5.73 Å². The summed E-state index contributed by atoms with van der Waals surface area (Å²) < 4.78 is 5.01. The molecule has 0 saturated carbocycles. The molecule has 0 aliphatic rings. The van der Waals surface area contributed by atoms with Crippen molar-refractivity contribution < 1.29 is 4.74 Å². The predicted octanol–water partition coefficient (Wildman–Crippen LogP) is 2.14. The molecule has 17 heavy (non-hydrogen) atoms. The lowest BCUT2D eigenvalue weighted by Crippen LogP contribution is -2.35. The first-order valence-corrected chi connectivity index (χ1v) is 6.17. The molecule has 0 heterocycles. The fourth-order valence-corrected chi connectivity index (χ4v) is 1.85. The van der Waals surface area contributed by atoms with Gasteiger partial charge >= 0.3 is 0 Å². The second-order valence-corrected chi connectivity index (χ2v) is 4.80. The lowest BCUT2D eigenvalue weighted by atomic mass is 10.2. The van der Waals surface area contributed by atoms with E-state index < -0.39 is 0 Å². The summed E-state index contributed by atoms with van der Waals surface area (Å²) in [7, 11) is 3.77. The van der Waals surface area contributed by atoms with Crippen LogP contribution in [0.3, 0.4) is 0 Å². The van der Waals surface area contributed by atoms with Gasteiger partial charge in [-0.15, -0.1) is 0 Å². The van der Waals surface area contributed by atoms with Gasteiger partial charge in [-0.25, -0.2) is 0 Å². The van der Waals surface area contributed by atoms with Gasteiger partial charge in [-0.2, -0.15) is 0 Å².